The first-order valence-corrected chi connectivity index (χ1v) is 11.2. The lowest BCUT2D eigenvalue weighted by molar-refractivity contribution is -0.0280. The van der Waals surface area contributed by atoms with Gasteiger partial charge in [-0.3, -0.25) is 4.79 Å². The molecule has 0 radical (unpaired) electrons. The number of carbonyl (C=O) groups excluding carboxylic acids is 2. The Labute approximate surface area is 203 Å². The monoisotopic (exact) mass is 480 g/mol. The largest absolute Gasteiger partial charge is 0.507 e. The minimum atomic E-state index is -0.494. The molecular formula is C27H28O8. The van der Waals surface area contributed by atoms with Gasteiger partial charge in [-0.25, -0.2) is 4.79 Å². The number of aromatic hydroxyl groups is 1. The molecule has 0 aliphatic rings. The summed E-state index contributed by atoms with van der Waals surface area (Å²) in [5, 5.41) is 19.0. The highest BCUT2D eigenvalue weighted by atomic mass is 16.6. The van der Waals surface area contributed by atoms with Gasteiger partial charge in [-0.15, -0.1) is 0 Å². The molecule has 0 amide bonds. The molecule has 8 nitrogen and oxygen atoms in total. The van der Waals surface area contributed by atoms with Gasteiger partial charge in [0.05, 0.1) is 43.7 Å². The van der Waals surface area contributed by atoms with Crippen molar-refractivity contribution in [3.8, 4) is 17.2 Å². The number of phenolic OH excluding ortho intramolecular Hbond substituents is 1. The van der Waals surface area contributed by atoms with Crippen molar-refractivity contribution in [1.29, 1.82) is 0 Å². The average Bonchev–Trinajstić information content (AvgIpc) is 2.88. The maximum atomic E-state index is 12.6. The summed E-state index contributed by atoms with van der Waals surface area (Å²) in [6, 6.07) is 19.5. The number of rotatable bonds is 13. The summed E-state index contributed by atoms with van der Waals surface area (Å²) in [6.45, 7) is 2.69. The lowest BCUT2D eigenvalue weighted by atomic mass is 10.0. The highest BCUT2D eigenvalue weighted by Crippen LogP contribution is 2.29. The van der Waals surface area contributed by atoms with Gasteiger partial charge in [0.2, 0.25) is 0 Å². The van der Waals surface area contributed by atoms with Gasteiger partial charge < -0.3 is 29.2 Å². The number of aliphatic hydroxyl groups is 1. The summed E-state index contributed by atoms with van der Waals surface area (Å²) >= 11 is 0. The van der Waals surface area contributed by atoms with Crippen molar-refractivity contribution in [2.45, 2.75) is 13.0 Å². The Morgan fingerprint density at radius 1 is 0.857 bits per heavy atom. The van der Waals surface area contributed by atoms with E-state index in [2.05, 4.69) is 0 Å². The van der Waals surface area contributed by atoms with Gasteiger partial charge in [0.15, 0.2) is 5.78 Å². The van der Waals surface area contributed by atoms with Crippen molar-refractivity contribution in [2.24, 2.45) is 0 Å². The summed E-state index contributed by atoms with van der Waals surface area (Å²) in [7, 11) is 0. The Morgan fingerprint density at radius 2 is 1.57 bits per heavy atom. The van der Waals surface area contributed by atoms with Crippen LogP contribution in [0.3, 0.4) is 0 Å². The molecular weight excluding hydrogens is 452 g/mol. The lowest BCUT2D eigenvalue weighted by Gasteiger charge is -2.12. The Hall–Kier alpha value is -3.72. The van der Waals surface area contributed by atoms with Crippen molar-refractivity contribution in [1.82, 2.24) is 0 Å². The van der Waals surface area contributed by atoms with Crippen LogP contribution in [-0.2, 0) is 14.2 Å². The molecule has 1 atom stereocenters. The topological polar surface area (TPSA) is 112 Å². The molecule has 1 unspecified atom stereocenters. The van der Waals surface area contributed by atoms with Gasteiger partial charge in [0, 0.05) is 11.6 Å². The zero-order chi connectivity index (χ0) is 25.0. The molecule has 0 spiro atoms. The average molecular weight is 481 g/mol. The maximum Gasteiger partial charge on any atom is 0.338 e. The van der Waals surface area contributed by atoms with Crippen molar-refractivity contribution in [3.63, 3.8) is 0 Å². The SMILES string of the molecule is CC(COCCOC(=O)c1ccc(Oc2ccc(C(=O)c3ccccc3)c(O)c2)cc1)OCCO. The first kappa shape index (κ1) is 25.9. The van der Waals surface area contributed by atoms with Crippen LogP contribution in [0, 0.1) is 0 Å². The molecule has 0 aliphatic carbocycles. The normalized spacial score (nSPS) is 11.6. The maximum absolute atomic E-state index is 12.6. The van der Waals surface area contributed by atoms with Crippen molar-refractivity contribution in [2.75, 3.05) is 33.0 Å². The Kier molecular flexibility index (Phi) is 9.80. The van der Waals surface area contributed by atoms with Crippen LogP contribution in [0.2, 0.25) is 0 Å². The van der Waals surface area contributed by atoms with Gasteiger partial charge >= 0.3 is 5.97 Å². The quantitative estimate of drug-likeness (QED) is 0.215. The third-order valence-corrected chi connectivity index (χ3v) is 4.88. The van der Waals surface area contributed by atoms with Crippen LogP contribution in [0.1, 0.15) is 33.2 Å². The van der Waals surface area contributed by atoms with E-state index in [4.69, 9.17) is 24.1 Å². The molecule has 8 heteroatoms. The minimum Gasteiger partial charge on any atom is -0.507 e. The first-order chi connectivity index (χ1) is 17.0. The van der Waals surface area contributed by atoms with E-state index < -0.39 is 5.97 Å². The van der Waals surface area contributed by atoms with E-state index in [9.17, 15) is 14.7 Å². The first-order valence-electron chi connectivity index (χ1n) is 11.2. The lowest BCUT2D eigenvalue weighted by Crippen LogP contribution is -2.20. The fourth-order valence-corrected chi connectivity index (χ4v) is 3.14. The molecule has 0 heterocycles. The smallest absolute Gasteiger partial charge is 0.338 e. The second kappa shape index (κ2) is 13.2. The number of ketones is 1. The molecule has 184 valence electrons. The molecule has 0 fully saturated rings. The standard InChI is InChI=1S/C27H28O8/c1-19(33-14-13-28)18-32-15-16-34-27(31)21-7-9-22(10-8-21)35-23-11-12-24(25(29)17-23)26(30)20-5-3-2-4-6-20/h2-12,17,19,28-29H,13-16,18H2,1H3. The summed E-state index contributed by atoms with van der Waals surface area (Å²) in [5.74, 6) is -0.174. The number of esters is 1. The number of benzene rings is 3. The summed E-state index contributed by atoms with van der Waals surface area (Å²) in [6.07, 6.45) is -0.159. The highest BCUT2D eigenvalue weighted by Gasteiger charge is 2.14. The molecule has 2 N–H and O–H groups in total. The molecule has 0 saturated carbocycles. The molecule has 0 saturated heterocycles. The van der Waals surface area contributed by atoms with Crippen molar-refractivity contribution in [3.05, 3.63) is 89.5 Å². The predicted octanol–water partition coefficient (Wildman–Crippen LogP) is 3.99. The molecule has 0 aromatic heterocycles. The fraction of sp³-hybridized carbons (Fsp3) is 0.259. The molecule has 3 aromatic carbocycles. The van der Waals surface area contributed by atoms with Crippen LogP contribution in [0.15, 0.2) is 72.8 Å². The molecule has 3 rings (SSSR count). The van der Waals surface area contributed by atoms with Crippen molar-refractivity contribution >= 4 is 11.8 Å². The molecule has 35 heavy (non-hydrogen) atoms. The molecule has 0 bridgehead atoms. The number of carbonyl (C=O) groups is 2. The van der Waals surface area contributed by atoms with Crippen LogP contribution in [-0.4, -0.2) is 61.1 Å². The Morgan fingerprint density at radius 3 is 2.26 bits per heavy atom. The van der Waals surface area contributed by atoms with Crippen LogP contribution in [0.25, 0.3) is 0 Å². The van der Waals surface area contributed by atoms with E-state index in [1.54, 1.807) is 54.6 Å². The van der Waals surface area contributed by atoms with Crippen LogP contribution < -0.4 is 4.74 Å². The number of phenols is 1. The van der Waals surface area contributed by atoms with E-state index in [0.29, 0.717) is 29.2 Å². The van der Waals surface area contributed by atoms with Gasteiger partial charge in [-0.2, -0.15) is 0 Å². The van der Waals surface area contributed by atoms with Crippen LogP contribution in [0.5, 0.6) is 17.2 Å². The van der Waals surface area contributed by atoms with Crippen molar-refractivity contribution < 1.29 is 38.7 Å². The zero-order valence-corrected chi connectivity index (χ0v) is 19.4. The molecule has 0 aliphatic heterocycles. The predicted molar refractivity (Wildman–Crippen MR) is 128 cm³/mol. The molecule has 3 aromatic rings. The number of hydrogen-bond acceptors (Lipinski definition) is 8. The van der Waals surface area contributed by atoms with E-state index in [-0.39, 0.29) is 49.6 Å². The van der Waals surface area contributed by atoms with E-state index in [0.717, 1.165) is 0 Å². The fourth-order valence-electron chi connectivity index (χ4n) is 3.14. The third-order valence-electron chi connectivity index (χ3n) is 4.88. The second-order valence-corrected chi connectivity index (χ2v) is 7.62. The van der Waals surface area contributed by atoms with E-state index >= 15 is 0 Å². The summed E-state index contributed by atoms with van der Waals surface area (Å²) < 4.78 is 21.5. The van der Waals surface area contributed by atoms with E-state index in [1.165, 1.54) is 12.1 Å². The Balaban J connectivity index is 1.48. The van der Waals surface area contributed by atoms with Gasteiger partial charge in [0.25, 0.3) is 0 Å². The number of hydrogen-bond donors (Lipinski definition) is 2. The summed E-state index contributed by atoms with van der Waals surface area (Å²) in [4.78, 5) is 24.7. The van der Waals surface area contributed by atoms with Gasteiger partial charge in [0.1, 0.15) is 23.9 Å². The number of ether oxygens (including phenoxy) is 4. The van der Waals surface area contributed by atoms with Crippen LogP contribution >= 0.6 is 0 Å². The second-order valence-electron chi connectivity index (χ2n) is 7.62. The van der Waals surface area contributed by atoms with Gasteiger partial charge in [-0.05, 0) is 43.3 Å². The Bertz CT molecular complexity index is 1100. The van der Waals surface area contributed by atoms with Gasteiger partial charge in [-0.1, -0.05) is 30.3 Å². The summed E-state index contributed by atoms with van der Waals surface area (Å²) in [5.41, 5.74) is 1.01. The van der Waals surface area contributed by atoms with E-state index in [1.807, 2.05) is 13.0 Å². The highest BCUT2D eigenvalue weighted by molar-refractivity contribution is 6.10. The zero-order valence-electron chi connectivity index (χ0n) is 19.4. The van der Waals surface area contributed by atoms with Crippen LogP contribution in [0.4, 0.5) is 0 Å². The third kappa shape index (κ3) is 7.92. The minimum absolute atomic E-state index is 0.0453. The number of aliphatic hydroxyl groups excluding tert-OH is 1.